The molecule has 1 N–H and O–H groups in total. The molecule has 0 spiro atoms. The van der Waals surface area contributed by atoms with Crippen LogP contribution in [0.5, 0.6) is 0 Å². The van der Waals surface area contributed by atoms with Crippen LogP contribution >= 0.6 is 0 Å². The van der Waals surface area contributed by atoms with E-state index in [2.05, 4.69) is 22.2 Å². The summed E-state index contributed by atoms with van der Waals surface area (Å²) in [6.45, 7) is 1.74. The summed E-state index contributed by atoms with van der Waals surface area (Å²) in [5, 5.41) is 11.6. The first-order valence-corrected chi connectivity index (χ1v) is 6.55. The smallest absolute Gasteiger partial charge is 0.269 e. The fourth-order valence-corrected chi connectivity index (χ4v) is 2.30. The summed E-state index contributed by atoms with van der Waals surface area (Å²) in [4.78, 5) is 18.2. The highest BCUT2D eigenvalue weighted by molar-refractivity contribution is 5.92. The summed E-state index contributed by atoms with van der Waals surface area (Å²) in [6.07, 6.45) is 5.00. The van der Waals surface area contributed by atoms with E-state index >= 15 is 0 Å². The molecule has 0 bridgehead atoms. The summed E-state index contributed by atoms with van der Waals surface area (Å²) in [5.41, 5.74) is 0.820. The molecule has 1 aromatic rings. The fourth-order valence-electron chi connectivity index (χ4n) is 2.30. The molecule has 1 aliphatic heterocycles. The SMILES string of the molecule is CN1CCCCC1CNC(=O)c1ccc(C#N)cn1. The van der Waals surface area contributed by atoms with Crippen LogP contribution in [0, 0.1) is 11.3 Å². The highest BCUT2D eigenvalue weighted by Gasteiger charge is 2.19. The van der Waals surface area contributed by atoms with E-state index in [9.17, 15) is 4.79 Å². The van der Waals surface area contributed by atoms with E-state index in [1.165, 1.54) is 19.0 Å². The molecule has 5 heteroatoms. The lowest BCUT2D eigenvalue weighted by Crippen LogP contribution is -2.44. The second-order valence-electron chi connectivity index (χ2n) is 4.88. The van der Waals surface area contributed by atoms with Crippen molar-refractivity contribution in [2.45, 2.75) is 25.3 Å². The van der Waals surface area contributed by atoms with Crippen LogP contribution in [0.1, 0.15) is 35.3 Å². The van der Waals surface area contributed by atoms with Gasteiger partial charge in [-0.15, -0.1) is 0 Å². The minimum absolute atomic E-state index is 0.177. The van der Waals surface area contributed by atoms with Gasteiger partial charge in [0.15, 0.2) is 0 Å². The molecule has 1 amide bonds. The van der Waals surface area contributed by atoms with Crippen molar-refractivity contribution in [3.8, 4) is 6.07 Å². The molecule has 0 saturated carbocycles. The maximum atomic E-state index is 11.9. The number of pyridine rings is 1. The molecule has 1 atom stereocenters. The molecule has 1 saturated heterocycles. The van der Waals surface area contributed by atoms with Crippen LogP contribution in [-0.4, -0.2) is 42.0 Å². The largest absolute Gasteiger partial charge is 0.349 e. The molecule has 2 heterocycles. The van der Waals surface area contributed by atoms with Crippen molar-refractivity contribution in [1.82, 2.24) is 15.2 Å². The number of piperidine rings is 1. The van der Waals surface area contributed by atoms with Gasteiger partial charge in [-0.05, 0) is 38.6 Å². The minimum atomic E-state index is -0.177. The normalized spacial score (nSPS) is 19.7. The lowest BCUT2D eigenvalue weighted by atomic mass is 10.0. The van der Waals surface area contributed by atoms with Crippen molar-refractivity contribution in [2.24, 2.45) is 0 Å². The molecular formula is C14H18N4O. The van der Waals surface area contributed by atoms with Crippen molar-refractivity contribution in [1.29, 1.82) is 5.26 Å². The second kappa shape index (κ2) is 6.30. The number of likely N-dealkylation sites (tertiary alicyclic amines) is 1. The van der Waals surface area contributed by atoms with E-state index in [0.717, 1.165) is 13.0 Å². The van der Waals surface area contributed by atoms with E-state index < -0.39 is 0 Å². The van der Waals surface area contributed by atoms with Crippen molar-refractivity contribution in [2.75, 3.05) is 20.1 Å². The number of nitrogens with zero attached hydrogens (tertiary/aromatic N) is 3. The lowest BCUT2D eigenvalue weighted by molar-refractivity contribution is 0.0923. The number of carbonyl (C=O) groups excluding carboxylic acids is 1. The Morgan fingerprint density at radius 2 is 2.42 bits per heavy atom. The first kappa shape index (κ1) is 13.5. The van der Waals surface area contributed by atoms with E-state index in [4.69, 9.17) is 5.26 Å². The maximum absolute atomic E-state index is 11.9. The molecular weight excluding hydrogens is 240 g/mol. The maximum Gasteiger partial charge on any atom is 0.269 e. The van der Waals surface area contributed by atoms with Crippen molar-refractivity contribution in [3.63, 3.8) is 0 Å². The number of nitrogens with one attached hydrogen (secondary N) is 1. The lowest BCUT2D eigenvalue weighted by Gasteiger charge is -2.32. The number of aromatic nitrogens is 1. The van der Waals surface area contributed by atoms with Gasteiger partial charge in [-0.1, -0.05) is 6.42 Å². The van der Waals surface area contributed by atoms with Gasteiger partial charge in [0, 0.05) is 18.8 Å². The van der Waals surface area contributed by atoms with E-state index in [0.29, 0.717) is 23.8 Å². The van der Waals surface area contributed by atoms with Crippen LogP contribution in [-0.2, 0) is 0 Å². The first-order valence-electron chi connectivity index (χ1n) is 6.55. The molecule has 0 aliphatic carbocycles. The molecule has 0 aromatic carbocycles. The Morgan fingerprint density at radius 1 is 1.58 bits per heavy atom. The third-order valence-corrected chi connectivity index (χ3v) is 3.54. The van der Waals surface area contributed by atoms with E-state index in [1.807, 2.05) is 6.07 Å². The van der Waals surface area contributed by atoms with Crippen molar-refractivity contribution < 1.29 is 4.79 Å². The zero-order valence-electron chi connectivity index (χ0n) is 11.1. The summed E-state index contributed by atoms with van der Waals surface area (Å²) in [7, 11) is 2.09. The molecule has 5 nitrogen and oxygen atoms in total. The number of rotatable bonds is 3. The Bertz CT molecular complexity index is 477. The Morgan fingerprint density at radius 3 is 3.05 bits per heavy atom. The van der Waals surface area contributed by atoms with Gasteiger partial charge in [0.25, 0.3) is 5.91 Å². The monoisotopic (exact) mass is 258 g/mol. The predicted octanol–water partition coefficient (Wildman–Crippen LogP) is 1.17. The third kappa shape index (κ3) is 3.52. The molecule has 1 aromatic heterocycles. The van der Waals surface area contributed by atoms with Crippen molar-refractivity contribution in [3.05, 3.63) is 29.6 Å². The Hall–Kier alpha value is -1.93. The number of hydrogen-bond donors (Lipinski definition) is 1. The van der Waals surface area contributed by atoms with Crippen LogP contribution < -0.4 is 5.32 Å². The van der Waals surface area contributed by atoms with Crippen LogP contribution in [0.25, 0.3) is 0 Å². The quantitative estimate of drug-likeness (QED) is 0.883. The molecule has 0 radical (unpaired) electrons. The average molecular weight is 258 g/mol. The van der Waals surface area contributed by atoms with Gasteiger partial charge in [0.1, 0.15) is 11.8 Å². The van der Waals surface area contributed by atoms with Gasteiger partial charge in [-0.3, -0.25) is 4.79 Å². The summed E-state index contributed by atoms with van der Waals surface area (Å²) in [6, 6.07) is 5.58. The van der Waals surface area contributed by atoms with Crippen LogP contribution in [0.3, 0.4) is 0 Å². The molecule has 1 unspecified atom stereocenters. The van der Waals surface area contributed by atoms with E-state index in [1.54, 1.807) is 12.1 Å². The van der Waals surface area contributed by atoms with Gasteiger partial charge in [-0.25, -0.2) is 4.98 Å². The fraction of sp³-hybridized carbons (Fsp3) is 0.500. The molecule has 100 valence electrons. The van der Waals surface area contributed by atoms with Crippen LogP contribution in [0.2, 0.25) is 0 Å². The molecule has 19 heavy (non-hydrogen) atoms. The summed E-state index contributed by atoms with van der Waals surface area (Å²) >= 11 is 0. The number of hydrogen-bond acceptors (Lipinski definition) is 4. The molecule has 1 fully saturated rings. The van der Waals surface area contributed by atoms with Gasteiger partial charge in [0.05, 0.1) is 5.56 Å². The molecule has 1 aliphatic rings. The van der Waals surface area contributed by atoms with Gasteiger partial charge >= 0.3 is 0 Å². The minimum Gasteiger partial charge on any atom is -0.349 e. The first-order chi connectivity index (χ1) is 9.20. The van der Waals surface area contributed by atoms with Crippen LogP contribution in [0.15, 0.2) is 18.3 Å². The summed E-state index contributed by atoms with van der Waals surface area (Å²) < 4.78 is 0. The highest BCUT2D eigenvalue weighted by Crippen LogP contribution is 2.14. The number of carbonyl (C=O) groups is 1. The van der Waals surface area contributed by atoms with Crippen molar-refractivity contribution >= 4 is 5.91 Å². The predicted molar refractivity (Wildman–Crippen MR) is 71.6 cm³/mol. The Labute approximate surface area is 113 Å². The zero-order valence-corrected chi connectivity index (χ0v) is 11.1. The Balaban J connectivity index is 1.88. The zero-order chi connectivity index (χ0) is 13.7. The third-order valence-electron chi connectivity index (χ3n) is 3.54. The number of nitriles is 1. The topological polar surface area (TPSA) is 69.0 Å². The van der Waals surface area contributed by atoms with Crippen LogP contribution in [0.4, 0.5) is 0 Å². The standard InChI is InChI=1S/C14H18N4O/c1-18-7-3-2-4-12(18)10-17-14(19)13-6-5-11(8-15)9-16-13/h5-6,9,12H,2-4,7,10H2,1H3,(H,17,19). The average Bonchev–Trinajstić information content (AvgIpc) is 2.46. The van der Waals surface area contributed by atoms with Gasteiger partial charge in [0.2, 0.25) is 0 Å². The highest BCUT2D eigenvalue weighted by atomic mass is 16.1. The van der Waals surface area contributed by atoms with Gasteiger partial charge < -0.3 is 10.2 Å². The molecule has 2 rings (SSSR count). The Kier molecular flexibility index (Phi) is 4.48. The number of amides is 1. The summed E-state index contributed by atoms with van der Waals surface area (Å²) in [5.74, 6) is -0.177. The van der Waals surface area contributed by atoms with E-state index in [-0.39, 0.29) is 5.91 Å². The number of likely N-dealkylation sites (N-methyl/N-ethyl adjacent to an activating group) is 1. The second-order valence-corrected chi connectivity index (χ2v) is 4.88. The van der Waals surface area contributed by atoms with Gasteiger partial charge in [-0.2, -0.15) is 5.26 Å².